The average molecular weight is 438 g/mol. The zero-order valence-electron chi connectivity index (χ0n) is 14.7. The van der Waals surface area contributed by atoms with Gasteiger partial charge in [-0.1, -0.05) is 0 Å². The monoisotopic (exact) mass is 435 g/mol. The molecule has 0 radical (unpaired) electrons. The van der Waals surface area contributed by atoms with Crippen LogP contribution in [0.5, 0.6) is 0 Å². The third-order valence-electron chi connectivity index (χ3n) is 4.99. The van der Waals surface area contributed by atoms with Crippen molar-refractivity contribution in [2.75, 3.05) is 0 Å². The third kappa shape index (κ3) is 3.21. The topological polar surface area (TPSA) is 0 Å². The summed E-state index contributed by atoms with van der Waals surface area (Å²) < 4.78 is 0.305. The molecular formula is C21H23Cl2Zr. The maximum absolute atomic E-state index is 6.54. The van der Waals surface area contributed by atoms with Gasteiger partial charge in [-0.2, -0.15) is 0 Å². The summed E-state index contributed by atoms with van der Waals surface area (Å²) in [5.74, 6) is 0.479. The van der Waals surface area contributed by atoms with Crippen molar-refractivity contribution in [2.45, 2.75) is 43.7 Å². The van der Waals surface area contributed by atoms with E-state index in [1.54, 1.807) is 0 Å². The summed E-state index contributed by atoms with van der Waals surface area (Å²) in [5.41, 5.74) is 9.57. The van der Waals surface area contributed by atoms with Crippen molar-refractivity contribution < 1.29 is 19.4 Å². The van der Waals surface area contributed by atoms with Crippen LogP contribution in [0.2, 0.25) is 0 Å². The van der Waals surface area contributed by atoms with Crippen LogP contribution in [-0.4, -0.2) is 0 Å². The van der Waals surface area contributed by atoms with Crippen LogP contribution in [0.1, 0.15) is 59.0 Å². The maximum atomic E-state index is 6.54. The molecule has 0 fully saturated rings. The molecule has 2 aromatic rings. The standard InChI is InChI=1S/C21H23.2ClH.Zr/c1-5-16-12-17-10-11-18(14(2)3)21(20(17)13-16)19-9-7-6-8-15(19)4;;;/h6-14H,5H2,1-4H3;2*1H;/q;;;+2/p-2. The van der Waals surface area contributed by atoms with Gasteiger partial charge in [0.05, 0.1) is 0 Å². The fourth-order valence-corrected chi connectivity index (χ4v) is 9.37. The van der Waals surface area contributed by atoms with Crippen LogP contribution in [0, 0.1) is 6.92 Å². The van der Waals surface area contributed by atoms with Gasteiger partial charge in [0.2, 0.25) is 0 Å². The molecule has 2 aromatic carbocycles. The summed E-state index contributed by atoms with van der Waals surface area (Å²) in [7, 11) is 13.1. The Kier molecular flexibility index (Phi) is 5.75. The van der Waals surface area contributed by atoms with Crippen molar-refractivity contribution in [3.05, 3.63) is 64.2 Å². The van der Waals surface area contributed by atoms with E-state index in [1.165, 1.54) is 39.0 Å². The molecule has 125 valence electrons. The van der Waals surface area contributed by atoms with E-state index in [9.17, 15) is 0 Å². The number of allylic oxidation sites excluding steroid dienone is 1. The normalized spacial score (nSPS) is 16.3. The number of aryl methyl sites for hydroxylation is 1. The van der Waals surface area contributed by atoms with Crippen molar-refractivity contribution in [1.29, 1.82) is 0 Å². The van der Waals surface area contributed by atoms with E-state index < -0.39 is 19.4 Å². The minimum atomic E-state index is -2.42. The summed E-state index contributed by atoms with van der Waals surface area (Å²) in [6, 6.07) is 13.3. The molecule has 0 aliphatic heterocycles. The van der Waals surface area contributed by atoms with Gasteiger partial charge in [0, 0.05) is 0 Å². The van der Waals surface area contributed by atoms with E-state index in [4.69, 9.17) is 17.0 Å². The van der Waals surface area contributed by atoms with Gasteiger partial charge in [-0.25, -0.2) is 0 Å². The van der Waals surface area contributed by atoms with Crippen LogP contribution in [0.25, 0.3) is 17.2 Å². The van der Waals surface area contributed by atoms with Gasteiger partial charge >= 0.3 is 161 Å². The molecule has 1 aliphatic carbocycles. The van der Waals surface area contributed by atoms with E-state index in [0.29, 0.717) is 9.54 Å². The van der Waals surface area contributed by atoms with E-state index in [-0.39, 0.29) is 0 Å². The summed E-state index contributed by atoms with van der Waals surface area (Å²) in [5, 5.41) is 0. The fourth-order valence-electron chi connectivity index (χ4n) is 3.73. The molecule has 1 atom stereocenters. The molecule has 0 saturated heterocycles. The van der Waals surface area contributed by atoms with Crippen LogP contribution >= 0.6 is 17.0 Å². The SMILES string of the molecule is CCC1=Cc2c(ccc(C(C)C)c2-c2ccccc2C)[CH]1[Zr]([Cl])[Cl]. The number of hydrogen-bond acceptors (Lipinski definition) is 0. The van der Waals surface area contributed by atoms with Crippen molar-refractivity contribution >= 4 is 23.1 Å². The Morgan fingerprint density at radius 3 is 2.38 bits per heavy atom. The second-order valence-corrected chi connectivity index (χ2v) is 15.6. The van der Waals surface area contributed by atoms with E-state index in [2.05, 4.69) is 70.2 Å². The van der Waals surface area contributed by atoms with Gasteiger partial charge in [-0.3, -0.25) is 0 Å². The Morgan fingerprint density at radius 1 is 1.08 bits per heavy atom. The molecule has 3 rings (SSSR count). The molecule has 0 heterocycles. The first kappa shape index (κ1) is 18.4. The molecule has 0 N–H and O–H groups in total. The first-order valence-corrected chi connectivity index (χ1v) is 16.3. The number of halogens is 2. The molecule has 24 heavy (non-hydrogen) atoms. The second kappa shape index (κ2) is 7.49. The van der Waals surface area contributed by atoms with E-state index in [1.807, 2.05) is 0 Å². The molecule has 0 aromatic heterocycles. The van der Waals surface area contributed by atoms with Crippen LogP contribution < -0.4 is 0 Å². The minimum absolute atomic E-state index is 0.305. The average Bonchev–Trinajstić information content (AvgIpc) is 2.93. The molecule has 0 nitrogen and oxygen atoms in total. The van der Waals surface area contributed by atoms with E-state index >= 15 is 0 Å². The fraction of sp³-hybridized carbons (Fsp3) is 0.333. The van der Waals surface area contributed by atoms with Crippen LogP contribution in [0.4, 0.5) is 0 Å². The van der Waals surface area contributed by atoms with Crippen molar-refractivity contribution in [2.24, 2.45) is 0 Å². The van der Waals surface area contributed by atoms with Gasteiger partial charge in [0.1, 0.15) is 0 Å². The van der Waals surface area contributed by atoms with Crippen molar-refractivity contribution in [3.8, 4) is 11.1 Å². The second-order valence-electron chi connectivity index (χ2n) is 6.80. The zero-order valence-corrected chi connectivity index (χ0v) is 18.6. The quantitative estimate of drug-likeness (QED) is 0.463. The van der Waals surface area contributed by atoms with Crippen LogP contribution in [0.3, 0.4) is 0 Å². The number of benzene rings is 2. The molecule has 0 saturated carbocycles. The predicted molar refractivity (Wildman–Crippen MR) is 103 cm³/mol. The summed E-state index contributed by atoms with van der Waals surface area (Å²) in [4.78, 5) is 0. The van der Waals surface area contributed by atoms with Gasteiger partial charge < -0.3 is 0 Å². The number of hydrogen-bond donors (Lipinski definition) is 0. The molecule has 0 amide bonds. The van der Waals surface area contributed by atoms with E-state index in [0.717, 1.165) is 6.42 Å². The Hall–Kier alpha value is -0.357. The number of rotatable bonds is 4. The van der Waals surface area contributed by atoms with Crippen LogP contribution in [-0.2, 0) is 19.4 Å². The van der Waals surface area contributed by atoms with Gasteiger partial charge in [0.15, 0.2) is 0 Å². The summed E-state index contributed by atoms with van der Waals surface area (Å²) >= 11 is -2.42. The van der Waals surface area contributed by atoms with Gasteiger partial charge in [-0.05, 0) is 0 Å². The van der Waals surface area contributed by atoms with Crippen LogP contribution in [0.15, 0.2) is 42.0 Å². The molecular weight excluding hydrogens is 414 g/mol. The molecule has 0 spiro atoms. The Morgan fingerprint density at radius 2 is 1.79 bits per heavy atom. The Bertz CT molecular complexity index is 790. The molecule has 1 aliphatic rings. The molecule has 1 unspecified atom stereocenters. The summed E-state index contributed by atoms with van der Waals surface area (Å²) in [6.45, 7) is 8.94. The third-order valence-corrected chi connectivity index (χ3v) is 10.3. The summed E-state index contributed by atoms with van der Waals surface area (Å²) in [6.07, 6.45) is 3.39. The Labute approximate surface area is 160 Å². The van der Waals surface area contributed by atoms with Gasteiger partial charge in [0.25, 0.3) is 0 Å². The first-order chi connectivity index (χ1) is 11.5. The first-order valence-electron chi connectivity index (χ1n) is 8.56. The number of fused-ring (bicyclic) bond motifs is 1. The van der Waals surface area contributed by atoms with Crippen molar-refractivity contribution in [3.63, 3.8) is 0 Å². The Balaban J connectivity index is 2.33. The van der Waals surface area contributed by atoms with Gasteiger partial charge in [-0.15, -0.1) is 0 Å². The molecule has 0 bridgehead atoms. The molecule has 3 heteroatoms. The predicted octanol–water partition coefficient (Wildman–Crippen LogP) is 7.56. The van der Waals surface area contributed by atoms with Crippen molar-refractivity contribution in [1.82, 2.24) is 0 Å². The zero-order chi connectivity index (χ0) is 17.4.